The molecule has 0 atom stereocenters. The molecule has 0 unspecified atom stereocenters. The van der Waals surface area contributed by atoms with Crippen molar-refractivity contribution in [2.24, 2.45) is 0 Å². The van der Waals surface area contributed by atoms with Gasteiger partial charge in [0.1, 0.15) is 21.7 Å². The van der Waals surface area contributed by atoms with Gasteiger partial charge in [-0.05, 0) is 24.3 Å². The Kier molecular flexibility index (Phi) is 5.51. The zero-order valence-electron chi connectivity index (χ0n) is 17.9. The number of thiophene rings is 1. The van der Waals surface area contributed by atoms with Crippen molar-refractivity contribution in [2.45, 2.75) is 0 Å². The molecule has 3 heterocycles. The highest BCUT2D eigenvalue weighted by molar-refractivity contribution is 7.22. The average molecular weight is 485 g/mol. The number of hydrogen-bond acceptors (Lipinski definition) is 9. The number of fused-ring (bicyclic) bond motifs is 2. The lowest BCUT2D eigenvalue weighted by Gasteiger charge is -2.34. The molecule has 1 aliphatic rings. The molecule has 0 spiro atoms. The Morgan fingerprint density at radius 2 is 1.76 bits per heavy atom. The molecule has 4 aromatic rings. The minimum Gasteiger partial charge on any atom is -0.495 e. The van der Waals surface area contributed by atoms with Crippen LogP contribution >= 0.6 is 22.7 Å². The van der Waals surface area contributed by atoms with Crippen LogP contribution in [0.25, 0.3) is 20.3 Å². The van der Waals surface area contributed by atoms with Crippen LogP contribution in [0.5, 0.6) is 11.5 Å². The molecule has 1 fully saturated rings. The number of nitro benzene ring substituents is 1. The Morgan fingerprint density at radius 3 is 2.45 bits per heavy atom. The van der Waals surface area contributed by atoms with Crippen LogP contribution in [0.2, 0.25) is 0 Å². The Labute approximate surface area is 196 Å². The van der Waals surface area contributed by atoms with Gasteiger partial charge in [0.2, 0.25) is 0 Å². The van der Waals surface area contributed by atoms with Gasteiger partial charge in [-0.15, -0.1) is 11.3 Å². The lowest BCUT2D eigenvalue weighted by Crippen LogP contribution is -2.48. The summed E-state index contributed by atoms with van der Waals surface area (Å²) in [5.74, 6) is 1.41. The number of aromatic nitrogens is 1. The maximum absolute atomic E-state index is 13.1. The van der Waals surface area contributed by atoms with E-state index in [4.69, 9.17) is 14.5 Å². The summed E-state index contributed by atoms with van der Waals surface area (Å²) in [4.78, 5) is 33.0. The fourth-order valence-corrected chi connectivity index (χ4v) is 6.05. The van der Waals surface area contributed by atoms with E-state index < -0.39 is 4.92 Å². The van der Waals surface area contributed by atoms with Crippen molar-refractivity contribution in [2.75, 3.05) is 45.3 Å². The normalized spacial score (nSPS) is 14.1. The smallest absolute Gasteiger partial charge is 0.270 e. The molecule has 0 aliphatic carbocycles. The highest BCUT2D eigenvalue weighted by Crippen LogP contribution is 2.40. The van der Waals surface area contributed by atoms with E-state index in [1.807, 2.05) is 17.0 Å². The molecule has 33 heavy (non-hydrogen) atoms. The number of methoxy groups -OCH3 is 2. The number of carbonyl (C=O) groups excluding carboxylic acids is 1. The van der Waals surface area contributed by atoms with Crippen LogP contribution in [0.1, 0.15) is 9.67 Å². The summed E-state index contributed by atoms with van der Waals surface area (Å²) in [5, 5.41) is 12.6. The predicted molar refractivity (Wildman–Crippen MR) is 129 cm³/mol. The zero-order valence-corrected chi connectivity index (χ0v) is 19.6. The molecular formula is C22H20N4O5S2. The first-order valence-electron chi connectivity index (χ1n) is 10.2. The van der Waals surface area contributed by atoms with E-state index in [1.165, 1.54) is 23.5 Å². The molecule has 1 saturated heterocycles. The largest absolute Gasteiger partial charge is 0.495 e. The second-order valence-electron chi connectivity index (χ2n) is 7.51. The molecule has 0 bridgehead atoms. The molecule has 5 rings (SSSR count). The van der Waals surface area contributed by atoms with Gasteiger partial charge >= 0.3 is 0 Å². The first-order chi connectivity index (χ1) is 16.0. The van der Waals surface area contributed by atoms with E-state index >= 15 is 0 Å². The van der Waals surface area contributed by atoms with Gasteiger partial charge in [-0.3, -0.25) is 14.9 Å². The number of ether oxygens (including phenoxy) is 2. The summed E-state index contributed by atoms with van der Waals surface area (Å²) < 4.78 is 12.7. The number of nitrogens with zero attached hydrogens (tertiary/aromatic N) is 4. The van der Waals surface area contributed by atoms with Crippen molar-refractivity contribution < 1.29 is 19.2 Å². The van der Waals surface area contributed by atoms with Crippen LogP contribution in [0.3, 0.4) is 0 Å². The van der Waals surface area contributed by atoms with Crippen molar-refractivity contribution in [1.29, 1.82) is 0 Å². The third-order valence-electron chi connectivity index (χ3n) is 5.66. The van der Waals surface area contributed by atoms with Crippen LogP contribution in [0.4, 0.5) is 10.8 Å². The van der Waals surface area contributed by atoms with Gasteiger partial charge in [-0.25, -0.2) is 4.98 Å². The van der Waals surface area contributed by atoms with E-state index in [1.54, 1.807) is 37.7 Å². The fourth-order valence-electron chi connectivity index (χ4n) is 3.92. The number of hydrogen-bond donors (Lipinski definition) is 0. The highest BCUT2D eigenvalue weighted by atomic mass is 32.1. The third kappa shape index (κ3) is 3.83. The number of rotatable bonds is 5. The van der Waals surface area contributed by atoms with E-state index in [-0.39, 0.29) is 11.6 Å². The Hall–Kier alpha value is -3.44. The van der Waals surface area contributed by atoms with Crippen molar-refractivity contribution >= 4 is 59.7 Å². The van der Waals surface area contributed by atoms with E-state index in [2.05, 4.69) is 4.90 Å². The number of benzene rings is 2. The van der Waals surface area contributed by atoms with Gasteiger partial charge in [0.15, 0.2) is 5.13 Å². The van der Waals surface area contributed by atoms with Gasteiger partial charge in [-0.2, -0.15) is 0 Å². The molecule has 0 N–H and O–H groups in total. The van der Waals surface area contributed by atoms with Gasteiger partial charge < -0.3 is 19.3 Å². The molecule has 0 radical (unpaired) electrons. The Balaban J connectivity index is 1.32. The molecule has 2 aromatic heterocycles. The fraction of sp³-hybridized carbons (Fsp3) is 0.273. The van der Waals surface area contributed by atoms with Gasteiger partial charge in [0.25, 0.3) is 11.6 Å². The lowest BCUT2D eigenvalue weighted by molar-refractivity contribution is -0.384. The molecule has 0 saturated carbocycles. The standard InChI is InChI=1S/C22H20N4O5S2/c1-30-15-4-5-16(31-2)20-19(15)23-22(33-20)25-9-7-24(8-10-25)21(27)18-12-13-11-14(26(28)29)3-6-17(13)32-18/h3-6,11-12H,7-10H2,1-2H3. The number of carbonyl (C=O) groups is 1. The summed E-state index contributed by atoms with van der Waals surface area (Å²) >= 11 is 2.91. The van der Waals surface area contributed by atoms with Crippen LogP contribution in [0, 0.1) is 10.1 Å². The SMILES string of the molecule is COc1ccc(OC)c2sc(N3CCN(C(=O)c4cc5cc([N+](=O)[O-])ccc5s4)CC3)nc12. The summed E-state index contributed by atoms with van der Waals surface area (Å²) in [6.07, 6.45) is 0. The summed E-state index contributed by atoms with van der Waals surface area (Å²) in [5.41, 5.74) is 0.798. The maximum Gasteiger partial charge on any atom is 0.270 e. The number of anilines is 1. The molecule has 1 amide bonds. The number of amides is 1. The first kappa shape index (κ1) is 21.4. The monoisotopic (exact) mass is 484 g/mol. The molecule has 2 aromatic carbocycles. The molecule has 9 nitrogen and oxygen atoms in total. The van der Waals surface area contributed by atoms with E-state index in [0.29, 0.717) is 42.2 Å². The second kappa shape index (κ2) is 8.49. The van der Waals surface area contributed by atoms with Gasteiger partial charge in [0.05, 0.1) is 24.0 Å². The summed E-state index contributed by atoms with van der Waals surface area (Å²) in [7, 11) is 3.26. The average Bonchev–Trinajstić information content (AvgIpc) is 3.47. The highest BCUT2D eigenvalue weighted by Gasteiger charge is 2.26. The molecule has 1 aliphatic heterocycles. The van der Waals surface area contributed by atoms with Crippen molar-refractivity contribution in [3.05, 3.63) is 51.4 Å². The maximum atomic E-state index is 13.1. The first-order valence-corrected chi connectivity index (χ1v) is 11.9. The Morgan fingerprint density at radius 1 is 1.03 bits per heavy atom. The number of piperazine rings is 1. The summed E-state index contributed by atoms with van der Waals surface area (Å²) in [6.45, 7) is 2.45. The van der Waals surface area contributed by atoms with Crippen LogP contribution in [0.15, 0.2) is 36.4 Å². The predicted octanol–water partition coefficient (Wildman–Crippen LogP) is 4.40. The third-order valence-corrected chi connectivity index (χ3v) is 7.89. The van der Waals surface area contributed by atoms with E-state index in [0.717, 1.165) is 25.8 Å². The topological polar surface area (TPSA) is 98.0 Å². The van der Waals surface area contributed by atoms with Crippen molar-refractivity contribution in [3.63, 3.8) is 0 Å². The van der Waals surface area contributed by atoms with Crippen LogP contribution < -0.4 is 14.4 Å². The number of non-ortho nitro benzene ring substituents is 1. The van der Waals surface area contributed by atoms with Gasteiger partial charge in [0, 0.05) is 48.4 Å². The second-order valence-corrected chi connectivity index (χ2v) is 9.57. The molecule has 170 valence electrons. The molecular weight excluding hydrogens is 464 g/mol. The van der Waals surface area contributed by atoms with Gasteiger partial charge in [-0.1, -0.05) is 11.3 Å². The van der Waals surface area contributed by atoms with Crippen LogP contribution in [-0.2, 0) is 0 Å². The number of nitro groups is 1. The minimum absolute atomic E-state index is 0.0250. The van der Waals surface area contributed by atoms with Crippen LogP contribution in [-0.4, -0.2) is 61.1 Å². The molecule has 11 heteroatoms. The lowest BCUT2D eigenvalue weighted by atomic mass is 10.2. The Bertz CT molecular complexity index is 1330. The van der Waals surface area contributed by atoms with Crippen molar-refractivity contribution in [3.8, 4) is 11.5 Å². The summed E-state index contributed by atoms with van der Waals surface area (Å²) in [6, 6.07) is 10.1. The van der Waals surface area contributed by atoms with E-state index in [9.17, 15) is 14.9 Å². The zero-order chi connectivity index (χ0) is 23.1. The minimum atomic E-state index is -0.426. The number of thiazole rings is 1. The quantitative estimate of drug-likeness (QED) is 0.306. The van der Waals surface area contributed by atoms with Crippen molar-refractivity contribution in [1.82, 2.24) is 9.88 Å².